The molecule has 2 aromatic carbocycles. The molecule has 0 saturated carbocycles. The van der Waals surface area contributed by atoms with Crippen molar-refractivity contribution in [3.8, 4) is 16.9 Å². The third-order valence-electron chi connectivity index (χ3n) is 4.68. The first-order valence-corrected chi connectivity index (χ1v) is 8.79. The van der Waals surface area contributed by atoms with Gasteiger partial charge in [-0.3, -0.25) is 4.90 Å². The van der Waals surface area contributed by atoms with E-state index in [2.05, 4.69) is 4.90 Å². The van der Waals surface area contributed by atoms with Gasteiger partial charge in [-0.05, 0) is 43.6 Å². The van der Waals surface area contributed by atoms with Crippen LogP contribution >= 0.6 is 0 Å². The summed E-state index contributed by atoms with van der Waals surface area (Å²) in [6, 6.07) is 17.1. The van der Waals surface area contributed by atoms with Gasteiger partial charge in [0, 0.05) is 6.54 Å². The number of ether oxygens (including phenoxy) is 1. The molecule has 128 valence electrons. The van der Waals surface area contributed by atoms with E-state index in [0.29, 0.717) is 23.5 Å². The van der Waals surface area contributed by atoms with Crippen LogP contribution in [-0.2, 0) is 0 Å². The summed E-state index contributed by atoms with van der Waals surface area (Å²) < 4.78 is 11.7. The van der Waals surface area contributed by atoms with Crippen molar-refractivity contribution >= 4 is 11.0 Å². The van der Waals surface area contributed by atoms with Crippen LogP contribution in [0.2, 0.25) is 0 Å². The van der Waals surface area contributed by atoms with Gasteiger partial charge < -0.3 is 9.15 Å². The first-order chi connectivity index (χ1) is 12.3. The number of benzene rings is 2. The van der Waals surface area contributed by atoms with E-state index in [-0.39, 0.29) is 5.63 Å². The molecular weight excluding hydrogens is 314 g/mol. The minimum absolute atomic E-state index is 0.360. The second-order valence-corrected chi connectivity index (χ2v) is 6.35. The minimum Gasteiger partial charge on any atom is -0.491 e. The normalized spacial score (nSPS) is 14.9. The van der Waals surface area contributed by atoms with Crippen molar-refractivity contribution in [2.75, 3.05) is 26.2 Å². The molecule has 3 aromatic rings. The predicted octanol–water partition coefficient (Wildman–Crippen LogP) is 3.93. The zero-order chi connectivity index (χ0) is 17.1. The summed E-state index contributed by atoms with van der Waals surface area (Å²) in [6.45, 7) is 3.70. The van der Waals surface area contributed by atoms with Crippen LogP contribution in [0.4, 0.5) is 0 Å². The number of hydrogen-bond donors (Lipinski definition) is 0. The van der Waals surface area contributed by atoms with Gasteiger partial charge in [-0.2, -0.15) is 0 Å². The largest absolute Gasteiger partial charge is 0.491 e. The molecule has 1 aliphatic heterocycles. The molecule has 2 heterocycles. The fourth-order valence-electron chi connectivity index (χ4n) is 3.41. The van der Waals surface area contributed by atoms with Crippen LogP contribution < -0.4 is 10.4 Å². The number of rotatable bonds is 5. The number of nitrogens with zero attached hydrogens (tertiary/aromatic N) is 1. The van der Waals surface area contributed by atoms with Crippen LogP contribution in [0.1, 0.15) is 12.8 Å². The number of fused-ring (bicyclic) bond motifs is 1. The molecule has 0 atom stereocenters. The zero-order valence-electron chi connectivity index (χ0n) is 14.1. The van der Waals surface area contributed by atoms with E-state index in [0.717, 1.165) is 30.6 Å². The molecule has 1 aliphatic rings. The van der Waals surface area contributed by atoms with Crippen LogP contribution in [0.15, 0.2) is 63.8 Å². The highest BCUT2D eigenvalue weighted by molar-refractivity contribution is 5.90. The first kappa shape index (κ1) is 15.9. The Balaban J connectivity index is 1.74. The molecule has 0 radical (unpaired) electrons. The van der Waals surface area contributed by atoms with E-state index >= 15 is 0 Å². The van der Waals surface area contributed by atoms with E-state index in [1.807, 2.05) is 48.5 Å². The molecule has 0 unspecified atom stereocenters. The Labute approximate surface area is 146 Å². The SMILES string of the molecule is O=c1oc2ccccc2c(OCCN2CCCC2)c1-c1ccccc1. The van der Waals surface area contributed by atoms with E-state index < -0.39 is 0 Å². The summed E-state index contributed by atoms with van der Waals surface area (Å²) in [5, 5.41) is 0.836. The first-order valence-electron chi connectivity index (χ1n) is 8.79. The Morgan fingerprint density at radius 2 is 1.68 bits per heavy atom. The van der Waals surface area contributed by atoms with Crippen molar-refractivity contribution in [2.45, 2.75) is 12.8 Å². The molecule has 0 aliphatic carbocycles. The van der Waals surface area contributed by atoms with Crippen molar-refractivity contribution in [2.24, 2.45) is 0 Å². The smallest absolute Gasteiger partial charge is 0.347 e. The quantitative estimate of drug-likeness (QED) is 0.663. The maximum Gasteiger partial charge on any atom is 0.347 e. The molecule has 4 heteroatoms. The maximum absolute atomic E-state index is 12.6. The Morgan fingerprint density at radius 1 is 0.960 bits per heavy atom. The van der Waals surface area contributed by atoms with Crippen LogP contribution in [0.25, 0.3) is 22.1 Å². The second-order valence-electron chi connectivity index (χ2n) is 6.35. The van der Waals surface area contributed by atoms with Gasteiger partial charge in [0.05, 0.1) is 5.39 Å². The number of para-hydroxylation sites is 1. The summed E-state index contributed by atoms with van der Waals surface area (Å²) >= 11 is 0. The van der Waals surface area contributed by atoms with Crippen molar-refractivity contribution in [1.82, 2.24) is 4.90 Å². The van der Waals surface area contributed by atoms with Gasteiger partial charge >= 0.3 is 5.63 Å². The van der Waals surface area contributed by atoms with Gasteiger partial charge in [0.25, 0.3) is 0 Å². The van der Waals surface area contributed by atoms with E-state index in [4.69, 9.17) is 9.15 Å². The van der Waals surface area contributed by atoms with Crippen LogP contribution in [0, 0.1) is 0 Å². The molecule has 0 N–H and O–H groups in total. The van der Waals surface area contributed by atoms with Crippen LogP contribution in [-0.4, -0.2) is 31.1 Å². The van der Waals surface area contributed by atoms with E-state index in [1.165, 1.54) is 12.8 Å². The Kier molecular flexibility index (Phi) is 4.53. The summed E-state index contributed by atoms with van der Waals surface area (Å²) in [5.74, 6) is 0.622. The van der Waals surface area contributed by atoms with Gasteiger partial charge in [-0.25, -0.2) is 4.79 Å². The molecule has 4 nitrogen and oxygen atoms in total. The van der Waals surface area contributed by atoms with Gasteiger partial charge in [0.2, 0.25) is 0 Å². The molecule has 4 rings (SSSR count). The molecule has 0 amide bonds. The van der Waals surface area contributed by atoms with Crippen LogP contribution in [0.3, 0.4) is 0 Å². The molecule has 25 heavy (non-hydrogen) atoms. The monoisotopic (exact) mass is 335 g/mol. The van der Waals surface area contributed by atoms with Crippen molar-refractivity contribution < 1.29 is 9.15 Å². The predicted molar refractivity (Wildman–Crippen MR) is 99.1 cm³/mol. The third-order valence-corrected chi connectivity index (χ3v) is 4.68. The van der Waals surface area contributed by atoms with E-state index in [9.17, 15) is 4.79 Å². The Hall–Kier alpha value is -2.59. The van der Waals surface area contributed by atoms with E-state index in [1.54, 1.807) is 6.07 Å². The highest BCUT2D eigenvalue weighted by Gasteiger charge is 2.18. The van der Waals surface area contributed by atoms with Crippen molar-refractivity contribution in [1.29, 1.82) is 0 Å². The zero-order valence-corrected chi connectivity index (χ0v) is 14.1. The standard InChI is InChI=1S/C21H21NO3/c23-21-19(16-8-2-1-3-9-16)20(17-10-4-5-11-18(17)25-21)24-15-14-22-12-6-7-13-22/h1-5,8-11H,6-7,12-15H2. The summed E-state index contributed by atoms with van der Waals surface area (Å²) in [6.07, 6.45) is 2.51. The highest BCUT2D eigenvalue weighted by Crippen LogP contribution is 2.34. The lowest BCUT2D eigenvalue weighted by molar-refractivity contribution is 0.239. The fraction of sp³-hybridized carbons (Fsp3) is 0.286. The fourth-order valence-corrected chi connectivity index (χ4v) is 3.41. The summed E-state index contributed by atoms with van der Waals surface area (Å²) in [5.41, 5.74) is 1.52. The summed E-state index contributed by atoms with van der Waals surface area (Å²) in [4.78, 5) is 15.0. The maximum atomic E-state index is 12.6. The minimum atomic E-state index is -0.360. The number of hydrogen-bond acceptors (Lipinski definition) is 4. The average Bonchev–Trinajstić information content (AvgIpc) is 3.16. The molecule has 0 bridgehead atoms. The lowest BCUT2D eigenvalue weighted by Gasteiger charge is -2.17. The molecule has 1 saturated heterocycles. The Morgan fingerprint density at radius 3 is 2.48 bits per heavy atom. The van der Waals surface area contributed by atoms with Gasteiger partial charge in [-0.15, -0.1) is 0 Å². The number of likely N-dealkylation sites (tertiary alicyclic amines) is 1. The topological polar surface area (TPSA) is 42.7 Å². The summed E-state index contributed by atoms with van der Waals surface area (Å²) in [7, 11) is 0. The van der Waals surface area contributed by atoms with Crippen LogP contribution in [0.5, 0.6) is 5.75 Å². The van der Waals surface area contributed by atoms with Gasteiger partial charge in [-0.1, -0.05) is 42.5 Å². The third kappa shape index (κ3) is 3.30. The van der Waals surface area contributed by atoms with Crippen molar-refractivity contribution in [3.05, 3.63) is 65.0 Å². The second kappa shape index (κ2) is 7.11. The molecule has 1 aromatic heterocycles. The Bertz CT molecular complexity index is 911. The lowest BCUT2D eigenvalue weighted by atomic mass is 10.0. The van der Waals surface area contributed by atoms with Crippen molar-refractivity contribution in [3.63, 3.8) is 0 Å². The van der Waals surface area contributed by atoms with Gasteiger partial charge in [0.15, 0.2) is 0 Å². The molecule has 0 spiro atoms. The molecule has 1 fully saturated rings. The highest BCUT2D eigenvalue weighted by atomic mass is 16.5. The average molecular weight is 335 g/mol. The lowest BCUT2D eigenvalue weighted by Crippen LogP contribution is -2.25. The van der Waals surface area contributed by atoms with Gasteiger partial charge in [0.1, 0.15) is 23.5 Å². The molecular formula is C21H21NO3.